The number of fused-ring (bicyclic) bond motifs is 6. The van der Waals surface area contributed by atoms with Crippen LogP contribution in [0.1, 0.15) is 47.8 Å². The molecule has 2 aliphatic rings. The SMILES string of the molecule is Cc1cc(-c2cc3ccccc3cc2N(c2ccccc2)c2ccccc2)cc2c1C1CCC2C1. The van der Waals surface area contributed by atoms with E-state index in [1.54, 1.807) is 11.1 Å². The summed E-state index contributed by atoms with van der Waals surface area (Å²) in [4.78, 5) is 2.41. The van der Waals surface area contributed by atoms with Gasteiger partial charge in [-0.15, -0.1) is 0 Å². The van der Waals surface area contributed by atoms with Crippen LogP contribution < -0.4 is 4.90 Å². The summed E-state index contributed by atoms with van der Waals surface area (Å²) in [5, 5.41) is 2.55. The molecule has 0 saturated heterocycles. The second-order valence-corrected chi connectivity index (χ2v) is 10.2. The molecule has 170 valence electrons. The predicted molar refractivity (Wildman–Crippen MR) is 148 cm³/mol. The summed E-state index contributed by atoms with van der Waals surface area (Å²) in [5.41, 5.74) is 10.9. The number of hydrogen-bond acceptors (Lipinski definition) is 1. The molecule has 7 rings (SSSR count). The summed E-state index contributed by atoms with van der Waals surface area (Å²) in [6.07, 6.45) is 4.07. The first-order chi connectivity index (χ1) is 17.3. The molecular formula is C34H29N. The van der Waals surface area contributed by atoms with Gasteiger partial charge in [-0.05, 0) is 107 Å². The van der Waals surface area contributed by atoms with Crippen molar-refractivity contribution in [3.05, 3.63) is 126 Å². The van der Waals surface area contributed by atoms with E-state index in [0.29, 0.717) is 0 Å². The zero-order valence-electron chi connectivity index (χ0n) is 20.1. The number of rotatable bonds is 4. The monoisotopic (exact) mass is 451 g/mol. The van der Waals surface area contributed by atoms with Crippen LogP contribution in [0.25, 0.3) is 21.9 Å². The number of nitrogens with zero attached hydrogens (tertiary/aromatic N) is 1. The third kappa shape index (κ3) is 3.38. The molecule has 2 atom stereocenters. The van der Waals surface area contributed by atoms with E-state index in [9.17, 15) is 0 Å². The zero-order valence-corrected chi connectivity index (χ0v) is 20.1. The average Bonchev–Trinajstić information content (AvgIpc) is 3.53. The van der Waals surface area contributed by atoms with Gasteiger partial charge in [0.25, 0.3) is 0 Å². The highest BCUT2D eigenvalue weighted by atomic mass is 15.1. The fraction of sp³-hybridized carbons (Fsp3) is 0.176. The molecule has 0 amide bonds. The van der Waals surface area contributed by atoms with Crippen molar-refractivity contribution in [2.45, 2.75) is 38.0 Å². The minimum atomic E-state index is 0.747. The molecule has 0 aliphatic heterocycles. The maximum Gasteiger partial charge on any atom is 0.0546 e. The minimum absolute atomic E-state index is 0.747. The molecule has 1 heteroatoms. The Morgan fingerprint density at radius 3 is 1.91 bits per heavy atom. The number of hydrogen-bond donors (Lipinski definition) is 0. The smallest absolute Gasteiger partial charge is 0.0546 e. The molecule has 0 aromatic heterocycles. The number of aryl methyl sites for hydroxylation is 1. The first kappa shape index (κ1) is 20.5. The van der Waals surface area contributed by atoms with Crippen LogP contribution in [0.3, 0.4) is 0 Å². The lowest BCUT2D eigenvalue weighted by Gasteiger charge is -2.29. The van der Waals surface area contributed by atoms with Crippen LogP contribution in [0, 0.1) is 6.92 Å². The van der Waals surface area contributed by atoms with E-state index in [4.69, 9.17) is 0 Å². The van der Waals surface area contributed by atoms with Crippen LogP contribution in [0.4, 0.5) is 17.1 Å². The summed E-state index contributed by atoms with van der Waals surface area (Å²) in [7, 11) is 0. The maximum atomic E-state index is 2.52. The third-order valence-electron chi connectivity index (χ3n) is 8.14. The van der Waals surface area contributed by atoms with Crippen molar-refractivity contribution in [2.75, 3.05) is 4.90 Å². The fourth-order valence-corrected chi connectivity index (χ4v) is 6.63. The topological polar surface area (TPSA) is 3.24 Å². The molecule has 0 N–H and O–H groups in total. The van der Waals surface area contributed by atoms with E-state index in [1.165, 1.54) is 63.8 Å². The summed E-state index contributed by atoms with van der Waals surface area (Å²) in [5.74, 6) is 1.53. The maximum absolute atomic E-state index is 2.52. The van der Waals surface area contributed by atoms with Gasteiger partial charge >= 0.3 is 0 Å². The Morgan fingerprint density at radius 1 is 0.629 bits per heavy atom. The first-order valence-electron chi connectivity index (χ1n) is 12.8. The molecule has 1 fully saturated rings. The van der Waals surface area contributed by atoms with Crippen molar-refractivity contribution in [2.24, 2.45) is 0 Å². The highest BCUT2D eigenvalue weighted by Crippen LogP contribution is 2.55. The summed E-state index contributed by atoms with van der Waals surface area (Å²) >= 11 is 0. The van der Waals surface area contributed by atoms with Gasteiger partial charge in [0, 0.05) is 16.9 Å². The molecule has 35 heavy (non-hydrogen) atoms. The molecule has 0 spiro atoms. The normalized spacial score (nSPS) is 18.1. The lowest BCUT2D eigenvalue weighted by Crippen LogP contribution is -2.11. The molecular weight excluding hydrogens is 422 g/mol. The highest BCUT2D eigenvalue weighted by molar-refractivity contribution is 5.98. The van der Waals surface area contributed by atoms with Gasteiger partial charge in [0.15, 0.2) is 0 Å². The van der Waals surface area contributed by atoms with E-state index >= 15 is 0 Å². The second-order valence-electron chi connectivity index (χ2n) is 10.2. The number of benzene rings is 5. The van der Waals surface area contributed by atoms with Gasteiger partial charge in [0.1, 0.15) is 0 Å². The minimum Gasteiger partial charge on any atom is -0.310 e. The molecule has 1 saturated carbocycles. The molecule has 2 aliphatic carbocycles. The fourth-order valence-electron chi connectivity index (χ4n) is 6.63. The van der Waals surface area contributed by atoms with Gasteiger partial charge in [-0.25, -0.2) is 0 Å². The van der Waals surface area contributed by atoms with Crippen molar-refractivity contribution < 1.29 is 0 Å². The lowest BCUT2D eigenvalue weighted by molar-refractivity contribution is 0.714. The van der Waals surface area contributed by atoms with Gasteiger partial charge < -0.3 is 4.90 Å². The van der Waals surface area contributed by atoms with E-state index < -0.39 is 0 Å². The molecule has 1 nitrogen and oxygen atoms in total. The van der Waals surface area contributed by atoms with Crippen LogP contribution in [0.5, 0.6) is 0 Å². The van der Waals surface area contributed by atoms with Crippen LogP contribution in [-0.4, -0.2) is 0 Å². The van der Waals surface area contributed by atoms with Crippen molar-refractivity contribution in [1.82, 2.24) is 0 Å². The Bertz CT molecular complexity index is 1490. The Labute approximate surface area is 207 Å². The number of para-hydroxylation sites is 2. The Morgan fingerprint density at radius 2 is 1.23 bits per heavy atom. The predicted octanol–water partition coefficient (Wildman–Crippen LogP) is 9.65. The van der Waals surface area contributed by atoms with Crippen molar-refractivity contribution in [3.8, 4) is 11.1 Å². The largest absolute Gasteiger partial charge is 0.310 e. The van der Waals surface area contributed by atoms with Crippen LogP contribution >= 0.6 is 0 Å². The molecule has 0 heterocycles. The second kappa shape index (κ2) is 8.13. The van der Waals surface area contributed by atoms with Crippen molar-refractivity contribution >= 4 is 27.8 Å². The summed E-state index contributed by atoms with van der Waals surface area (Å²) in [6, 6.07) is 40.0. The summed E-state index contributed by atoms with van der Waals surface area (Å²) < 4.78 is 0. The highest BCUT2D eigenvalue weighted by Gasteiger charge is 2.38. The summed E-state index contributed by atoms with van der Waals surface area (Å²) in [6.45, 7) is 2.33. The van der Waals surface area contributed by atoms with E-state index in [-0.39, 0.29) is 0 Å². The van der Waals surface area contributed by atoms with Crippen molar-refractivity contribution in [3.63, 3.8) is 0 Å². The Kier molecular flexibility index (Phi) is 4.77. The lowest BCUT2D eigenvalue weighted by atomic mass is 9.85. The van der Waals surface area contributed by atoms with E-state index in [0.717, 1.165) is 11.8 Å². The van der Waals surface area contributed by atoms with Gasteiger partial charge in [-0.3, -0.25) is 0 Å². The quantitative estimate of drug-likeness (QED) is 0.263. The van der Waals surface area contributed by atoms with Gasteiger partial charge in [-0.2, -0.15) is 0 Å². The zero-order chi connectivity index (χ0) is 23.4. The van der Waals surface area contributed by atoms with Gasteiger partial charge in [-0.1, -0.05) is 72.8 Å². The standard InChI is InChI=1S/C34H29N/c1-23-18-28(21-32-26-16-17-27(19-26)34(23)32)31-20-24-10-8-9-11-25(24)22-33(31)35(29-12-4-2-5-13-29)30-14-6-3-7-15-30/h2-15,18,20-22,26-27H,16-17,19H2,1H3. The average molecular weight is 452 g/mol. The molecule has 0 radical (unpaired) electrons. The third-order valence-corrected chi connectivity index (χ3v) is 8.14. The number of anilines is 3. The Hall–Kier alpha value is -3.84. The molecule has 5 aromatic rings. The van der Waals surface area contributed by atoms with Gasteiger partial charge in [0.2, 0.25) is 0 Å². The first-order valence-corrected chi connectivity index (χ1v) is 12.8. The van der Waals surface area contributed by atoms with Crippen LogP contribution in [0.2, 0.25) is 0 Å². The molecule has 2 bridgehead atoms. The molecule has 2 unspecified atom stereocenters. The van der Waals surface area contributed by atoms with Crippen molar-refractivity contribution in [1.29, 1.82) is 0 Å². The van der Waals surface area contributed by atoms with Crippen LogP contribution in [-0.2, 0) is 0 Å². The van der Waals surface area contributed by atoms with E-state index in [2.05, 4.69) is 121 Å². The molecule has 5 aromatic carbocycles. The van der Waals surface area contributed by atoms with E-state index in [1.807, 2.05) is 0 Å². The van der Waals surface area contributed by atoms with Gasteiger partial charge in [0.05, 0.1) is 5.69 Å². The Balaban J connectivity index is 1.51. The van der Waals surface area contributed by atoms with Crippen LogP contribution in [0.15, 0.2) is 109 Å².